The van der Waals surface area contributed by atoms with Crippen LogP contribution in [0, 0.1) is 6.92 Å². The third kappa shape index (κ3) is 2.43. The number of hydrogen-bond acceptors (Lipinski definition) is 4. The summed E-state index contributed by atoms with van der Waals surface area (Å²) in [5.74, 6) is 2.35. The minimum atomic E-state index is 0.329. The van der Waals surface area contributed by atoms with Crippen molar-refractivity contribution >= 4 is 5.95 Å². The van der Waals surface area contributed by atoms with Gasteiger partial charge < -0.3 is 5.73 Å². The molecule has 0 saturated heterocycles. The first-order valence-corrected chi connectivity index (χ1v) is 6.81. The molecule has 1 aliphatic rings. The highest BCUT2D eigenvalue weighted by atomic mass is 15.1. The molecule has 0 radical (unpaired) electrons. The van der Waals surface area contributed by atoms with Crippen molar-refractivity contribution in [3.8, 4) is 11.4 Å². The summed E-state index contributed by atoms with van der Waals surface area (Å²) in [6.45, 7) is 2.06. The molecule has 1 aromatic carbocycles. The smallest absolute Gasteiger partial charge is 0.223 e. The van der Waals surface area contributed by atoms with E-state index in [1.165, 1.54) is 12.8 Å². The van der Waals surface area contributed by atoms with Crippen molar-refractivity contribution in [3.05, 3.63) is 35.7 Å². The van der Waals surface area contributed by atoms with Crippen LogP contribution in [0.2, 0.25) is 0 Å². The zero-order valence-corrected chi connectivity index (χ0v) is 11.1. The number of anilines is 1. The summed E-state index contributed by atoms with van der Waals surface area (Å²) in [7, 11) is 0. The number of nitrogens with zero attached hydrogens (tertiary/aromatic N) is 3. The van der Waals surface area contributed by atoms with E-state index in [2.05, 4.69) is 27.9 Å². The van der Waals surface area contributed by atoms with Crippen molar-refractivity contribution in [2.24, 2.45) is 0 Å². The largest absolute Gasteiger partial charge is 0.368 e. The number of nitrogens with two attached hydrogens (primary N) is 1. The fourth-order valence-electron chi connectivity index (χ4n) is 2.72. The van der Waals surface area contributed by atoms with Crippen molar-refractivity contribution in [1.29, 1.82) is 0 Å². The van der Waals surface area contributed by atoms with Gasteiger partial charge in [-0.1, -0.05) is 37.1 Å². The van der Waals surface area contributed by atoms with Gasteiger partial charge in [-0.2, -0.15) is 9.97 Å². The van der Waals surface area contributed by atoms with Crippen molar-refractivity contribution in [1.82, 2.24) is 15.0 Å². The van der Waals surface area contributed by atoms with E-state index in [9.17, 15) is 0 Å². The zero-order chi connectivity index (χ0) is 13.2. The van der Waals surface area contributed by atoms with Crippen molar-refractivity contribution in [2.75, 3.05) is 5.73 Å². The van der Waals surface area contributed by atoms with Crippen LogP contribution in [-0.4, -0.2) is 15.0 Å². The molecule has 0 atom stereocenters. The van der Waals surface area contributed by atoms with Crippen LogP contribution in [0.1, 0.15) is 43.0 Å². The fourth-order valence-corrected chi connectivity index (χ4v) is 2.72. The predicted octanol–water partition coefficient (Wildman–Crippen LogP) is 3.09. The molecule has 0 unspecified atom stereocenters. The fraction of sp³-hybridized carbons (Fsp3) is 0.400. The SMILES string of the molecule is Cc1ccccc1-c1nc(N)nc(C2CCCC2)n1. The molecule has 1 aromatic heterocycles. The van der Waals surface area contributed by atoms with Crippen molar-refractivity contribution < 1.29 is 0 Å². The lowest BCUT2D eigenvalue weighted by atomic mass is 10.1. The van der Waals surface area contributed by atoms with Crippen LogP contribution in [0.4, 0.5) is 5.95 Å². The molecule has 0 spiro atoms. The summed E-state index contributed by atoms with van der Waals surface area (Å²) >= 11 is 0. The number of nitrogen functional groups attached to an aromatic ring is 1. The number of benzene rings is 1. The molecule has 0 bridgehead atoms. The summed E-state index contributed by atoms with van der Waals surface area (Å²) in [6, 6.07) is 8.10. The Labute approximate surface area is 113 Å². The molecule has 1 fully saturated rings. The van der Waals surface area contributed by atoms with Gasteiger partial charge in [0.15, 0.2) is 5.82 Å². The van der Waals surface area contributed by atoms with Crippen LogP contribution in [0.25, 0.3) is 11.4 Å². The summed E-state index contributed by atoms with van der Waals surface area (Å²) in [4.78, 5) is 13.3. The summed E-state index contributed by atoms with van der Waals surface area (Å²) < 4.78 is 0. The van der Waals surface area contributed by atoms with E-state index < -0.39 is 0 Å². The Kier molecular flexibility index (Phi) is 3.15. The molecule has 0 aliphatic heterocycles. The monoisotopic (exact) mass is 254 g/mol. The Morgan fingerprint density at radius 1 is 1.05 bits per heavy atom. The lowest BCUT2D eigenvalue weighted by Gasteiger charge is -2.10. The van der Waals surface area contributed by atoms with Crippen molar-refractivity contribution in [3.63, 3.8) is 0 Å². The Bertz CT molecular complexity index is 588. The molecule has 2 aromatic rings. The molecule has 2 N–H and O–H groups in total. The summed E-state index contributed by atoms with van der Waals surface area (Å²) in [6.07, 6.45) is 4.85. The van der Waals surface area contributed by atoms with Gasteiger partial charge in [-0.15, -0.1) is 0 Å². The minimum absolute atomic E-state index is 0.329. The second kappa shape index (κ2) is 4.96. The van der Waals surface area contributed by atoms with Gasteiger partial charge in [-0.05, 0) is 25.3 Å². The Hall–Kier alpha value is -1.97. The van der Waals surface area contributed by atoms with E-state index in [1.54, 1.807) is 0 Å². The molecule has 4 heteroatoms. The number of rotatable bonds is 2. The van der Waals surface area contributed by atoms with Crippen LogP contribution < -0.4 is 5.73 Å². The van der Waals surface area contributed by atoms with E-state index in [0.29, 0.717) is 17.7 Å². The standard InChI is InChI=1S/C15H18N4/c1-10-6-2-5-9-12(10)14-17-13(18-15(16)19-14)11-7-3-4-8-11/h2,5-6,9,11H,3-4,7-8H2,1H3,(H2,16,17,18,19). The number of hydrogen-bond donors (Lipinski definition) is 1. The highest BCUT2D eigenvalue weighted by Crippen LogP contribution is 2.33. The topological polar surface area (TPSA) is 64.7 Å². The van der Waals surface area contributed by atoms with E-state index >= 15 is 0 Å². The lowest BCUT2D eigenvalue weighted by Crippen LogP contribution is -2.08. The highest BCUT2D eigenvalue weighted by molar-refractivity contribution is 5.60. The molecule has 19 heavy (non-hydrogen) atoms. The van der Waals surface area contributed by atoms with Gasteiger partial charge >= 0.3 is 0 Å². The summed E-state index contributed by atoms with van der Waals surface area (Å²) in [5.41, 5.74) is 8.05. The van der Waals surface area contributed by atoms with Crippen LogP contribution in [-0.2, 0) is 0 Å². The average Bonchev–Trinajstić information content (AvgIpc) is 2.92. The first-order chi connectivity index (χ1) is 9.24. The molecule has 0 amide bonds. The van der Waals surface area contributed by atoms with E-state index in [0.717, 1.165) is 29.8 Å². The zero-order valence-electron chi connectivity index (χ0n) is 11.1. The highest BCUT2D eigenvalue weighted by Gasteiger charge is 2.21. The summed E-state index contributed by atoms with van der Waals surface area (Å²) in [5, 5.41) is 0. The molecule has 1 aliphatic carbocycles. The Balaban J connectivity index is 2.04. The first kappa shape index (κ1) is 12.1. The quantitative estimate of drug-likeness (QED) is 0.894. The third-order valence-electron chi connectivity index (χ3n) is 3.78. The van der Waals surface area contributed by atoms with Gasteiger partial charge in [0.2, 0.25) is 5.95 Å². The van der Waals surface area contributed by atoms with Crippen LogP contribution in [0.15, 0.2) is 24.3 Å². The molecular formula is C15H18N4. The molecule has 4 nitrogen and oxygen atoms in total. The van der Waals surface area contributed by atoms with E-state index in [4.69, 9.17) is 5.73 Å². The Morgan fingerprint density at radius 2 is 1.79 bits per heavy atom. The minimum Gasteiger partial charge on any atom is -0.368 e. The van der Waals surface area contributed by atoms with Gasteiger partial charge in [0.25, 0.3) is 0 Å². The van der Waals surface area contributed by atoms with Gasteiger partial charge in [0, 0.05) is 11.5 Å². The molecule has 3 rings (SSSR count). The third-order valence-corrected chi connectivity index (χ3v) is 3.78. The molecule has 1 heterocycles. The maximum absolute atomic E-state index is 5.85. The van der Waals surface area contributed by atoms with E-state index in [1.807, 2.05) is 18.2 Å². The first-order valence-electron chi connectivity index (χ1n) is 6.81. The van der Waals surface area contributed by atoms with Gasteiger partial charge in [-0.3, -0.25) is 0 Å². The lowest BCUT2D eigenvalue weighted by molar-refractivity contribution is 0.665. The normalized spacial score (nSPS) is 15.8. The second-order valence-corrected chi connectivity index (χ2v) is 5.17. The van der Waals surface area contributed by atoms with Crippen LogP contribution >= 0.6 is 0 Å². The predicted molar refractivity (Wildman–Crippen MR) is 75.6 cm³/mol. The second-order valence-electron chi connectivity index (χ2n) is 5.17. The molecular weight excluding hydrogens is 236 g/mol. The molecule has 1 saturated carbocycles. The Morgan fingerprint density at radius 3 is 2.53 bits per heavy atom. The average molecular weight is 254 g/mol. The van der Waals surface area contributed by atoms with E-state index in [-0.39, 0.29) is 0 Å². The maximum Gasteiger partial charge on any atom is 0.223 e. The van der Waals surface area contributed by atoms with Crippen LogP contribution in [0.3, 0.4) is 0 Å². The van der Waals surface area contributed by atoms with Crippen molar-refractivity contribution in [2.45, 2.75) is 38.5 Å². The molecule has 98 valence electrons. The maximum atomic E-state index is 5.85. The van der Waals surface area contributed by atoms with Gasteiger partial charge in [0.1, 0.15) is 5.82 Å². The van der Waals surface area contributed by atoms with Gasteiger partial charge in [0.05, 0.1) is 0 Å². The van der Waals surface area contributed by atoms with Gasteiger partial charge in [-0.25, -0.2) is 4.98 Å². The van der Waals surface area contributed by atoms with Crippen LogP contribution in [0.5, 0.6) is 0 Å². The number of aryl methyl sites for hydroxylation is 1. The number of aromatic nitrogens is 3.